The number of halogens is 3. The van der Waals surface area contributed by atoms with E-state index in [1.165, 1.54) is 17.8 Å². The summed E-state index contributed by atoms with van der Waals surface area (Å²) in [6.45, 7) is 5.43. The van der Waals surface area contributed by atoms with Gasteiger partial charge >= 0.3 is 6.18 Å². The van der Waals surface area contributed by atoms with Crippen molar-refractivity contribution in [1.29, 1.82) is 0 Å². The summed E-state index contributed by atoms with van der Waals surface area (Å²) < 4.78 is 53.1. The van der Waals surface area contributed by atoms with E-state index in [0.717, 1.165) is 36.7 Å². The maximum atomic E-state index is 13.4. The molecule has 3 aromatic rings. The van der Waals surface area contributed by atoms with Crippen LogP contribution in [-0.2, 0) is 27.0 Å². The van der Waals surface area contributed by atoms with Crippen LogP contribution >= 0.6 is 11.8 Å². The average molecular weight is 563 g/mol. The number of aromatic nitrogens is 3. The van der Waals surface area contributed by atoms with E-state index in [0.29, 0.717) is 56.9 Å². The molecule has 5 rings (SSSR count). The standard InChI is InChI=1S/C26H29F3N6O3S/c27-26(28,29)19-6-7-22(34-10-14-38-15-11-34)21(16-19)30-24(36)18-39-25-32-31-23(17-33-8-12-37-13-9-33)35(25)20-4-2-1-3-5-20/h1-7,16H,8-15,17-18H2,(H,30,36). The van der Waals surface area contributed by atoms with E-state index in [1.807, 2.05) is 39.8 Å². The first-order valence-electron chi connectivity index (χ1n) is 12.6. The van der Waals surface area contributed by atoms with Gasteiger partial charge in [0.15, 0.2) is 11.0 Å². The van der Waals surface area contributed by atoms with E-state index < -0.39 is 17.6 Å². The van der Waals surface area contributed by atoms with E-state index in [-0.39, 0.29) is 11.4 Å². The molecule has 2 saturated heterocycles. The molecular weight excluding hydrogens is 533 g/mol. The lowest BCUT2D eigenvalue weighted by Crippen LogP contribution is -2.37. The molecule has 39 heavy (non-hydrogen) atoms. The number of anilines is 2. The number of benzene rings is 2. The van der Waals surface area contributed by atoms with E-state index in [2.05, 4.69) is 20.4 Å². The molecule has 0 atom stereocenters. The molecule has 2 aliphatic rings. The molecule has 208 valence electrons. The van der Waals surface area contributed by atoms with Crippen molar-refractivity contribution in [2.75, 3.05) is 68.6 Å². The van der Waals surface area contributed by atoms with Crippen LogP contribution < -0.4 is 10.2 Å². The van der Waals surface area contributed by atoms with E-state index in [4.69, 9.17) is 9.47 Å². The summed E-state index contributed by atoms with van der Waals surface area (Å²) in [5.41, 5.74) is 0.694. The first-order valence-corrected chi connectivity index (χ1v) is 13.6. The predicted molar refractivity (Wildman–Crippen MR) is 141 cm³/mol. The van der Waals surface area contributed by atoms with Gasteiger partial charge in [0.2, 0.25) is 5.91 Å². The molecule has 0 unspecified atom stereocenters. The van der Waals surface area contributed by atoms with Gasteiger partial charge in [-0.3, -0.25) is 14.3 Å². The van der Waals surface area contributed by atoms with Crippen LogP contribution in [0.4, 0.5) is 24.5 Å². The Morgan fingerprint density at radius 1 is 0.949 bits per heavy atom. The van der Waals surface area contributed by atoms with Crippen molar-refractivity contribution in [3.8, 4) is 5.69 Å². The second-order valence-corrected chi connectivity index (χ2v) is 10.1. The van der Waals surface area contributed by atoms with Crippen LogP contribution in [0.2, 0.25) is 0 Å². The molecule has 13 heteroatoms. The fourth-order valence-electron chi connectivity index (χ4n) is 4.50. The molecule has 2 aromatic carbocycles. The fourth-order valence-corrected chi connectivity index (χ4v) is 5.27. The van der Waals surface area contributed by atoms with Gasteiger partial charge < -0.3 is 19.7 Å². The minimum absolute atomic E-state index is 0.0542. The van der Waals surface area contributed by atoms with Crippen molar-refractivity contribution in [2.45, 2.75) is 17.9 Å². The Hall–Kier alpha value is -3.13. The Labute approximate surface area is 228 Å². The van der Waals surface area contributed by atoms with Crippen molar-refractivity contribution >= 4 is 29.0 Å². The summed E-state index contributed by atoms with van der Waals surface area (Å²) in [4.78, 5) is 17.2. The van der Waals surface area contributed by atoms with Crippen molar-refractivity contribution in [3.63, 3.8) is 0 Å². The van der Waals surface area contributed by atoms with E-state index >= 15 is 0 Å². The third kappa shape index (κ3) is 6.90. The first kappa shape index (κ1) is 27.4. The zero-order valence-corrected chi connectivity index (χ0v) is 22.0. The summed E-state index contributed by atoms with van der Waals surface area (Å²) in [7, 11) is 0. The normalized spacial score (nSPS) is 16.8. The summed E-state index contributed by atoms with van der Waals surface area (Å²) >= 11 is 1.18. The highest BCUT2D eigenvalue weighted by Crippen LogP contribution is 2.36. The van der Waals surface area contributed by atoms with Crippen molar-refractivity contribution in [2.24, 2.45) is 0 Å². The van der Waals surface area contributed by atoms with Crippen LogP contribution in [0.5, 0.6) is 0 Å². The number of nitrogens with zero attached hydrogens (tertiary/aromatic N) is 5. The third-order valence-electron chi connectivity index (χ3n) is 6.47. The Balaban J connectivity index is 1.33. The lowest BCUT2D eigenvalue weighted by Gasteiger charge is -2.31. The van der Waals surface area contributed by atoms with Crippen molar-refractivity contribution in [1.82, 2.24) is 19.7 Å². The van der Waals surface area contributed by atoms with Crippen LogP contribution in [-0.4, -0.2) is 83.9 Å². The molecule has 0 radical (unpaired) electrons. The number of carbonyl (C=O) groups excluding carboxylic acids is 1. The molecule has 1 N–H and O–H groups in total. The number of ether oxygens (including phenoxy) is 2. The van der Waals surface area contributed by atoms with Gasteiger partial charge in [-0.25, -0.2) is 0 Å². The van der Waals surface area contributed by atoms with Gasteiger partial charge in [0, 0.05) is 31.9 Å². The number of morpholine rings is 2. The van der Waals surface area contributed by atoms with Crippen LogP contribution in [0, 0.1) is 0 Å². The number of amides is 1. The maximum Gasteiger partial charge on any atom is 0.416 e. The number of rotatable bonds is 8. The summed E-state index contributed by atoms with van der Waals surface area (Å²) in [6.07, 6.45) is -4.53. The number of thioether (sulfide) groups is 1. The molecule has 0 bridgehead atoms. The second kappa shape index (κ2) is 12.4. The van der Waals surface area contributed by atoms with Crippen molar-refractivity contribution < 1.29 is 27.4 Å². The first-order chi connectivity index (χ1) is 18.9. The van der Waals surface area contributed by atoms with Gasteiger partial charge in [0.05, 0.1) is 55.7 Å². The van der Waals surface area contributed by atoms with Gasteiger partial charge in [-0.2, -0.15) is 13.2 Å². The molecular formula is C26H29F3N6O3S. The Morgan fingerprint density at radius 3 is 2.33 bits per heavy atom. The molecule has 0 spiro atoms. The number of para-hydroxylation sites is 1. The molecule has 1 aromatic heterocycles. The minimum atomic E-state index is -4.53. The van der Waals surface area contributed by atoms with Crippen LogP contribution in [0.15, 0.2) is 53.7 Å². The summed E-state index contributed by atoms with van der Waals surface area (Å²) in [6, 6.07) is 13.0. The average Bonchev–Trinajstić information content (AvgIpc) is 3.35. The fraction of sp³-hybridized carbons (Fsp3) is 0.423. The van der Waals surface area contributed by atoms with Crippen LogP contribution in [0.1, 0.15) is 11.4 Å². The number of hydrogen-bond acceptors (Lipinski definition) is 8. The van der Waals surface area contributed by atoms with Crippen LogP contribution in [0.3, 0.4) is 0 Å². The lowest BCUT2D eigenvalue weighted by molar-refractivity contribution is -0.137. The molecule has 0 aliphatic carbocycles. The zero-order valence-electron chi connectivity index (χ0n) is 21.2. The Kier molecular flexibility index (Phi) is 8.70. The smallest absolute Gasteiger partial charge is 0.379 e. The molecule has 9 nitrogen and oxygen atoms in total. The molecule has 2 fully saturated rings. The lowest BCUT2D eigenvalue weighted by atomic mass is 10.1. The predicted octanol–water partition coefficient (Wildman–Crippen LogP) is 3.69. The van der Waals surface area contributed by atoms with E-state index in [9.17, 15) is 18.0 Å². The minimum Gasteiger partial charge on any atom is -0.379 e. The van der Waals surface area contributed by atoms with Gasteiger partial charge in [0.25, 0.3) is 0 Å². The number of nitrogens with one attached hydrogen (secondary N) is 1. The monoisotopic (exact) mass is 562 g/mol. The zero-order chi connectivity index (χ0) is 27.2. The summed E-state index contributed by atoms with van der Waals surface area (Å²) in [5.74, 6) is 0.242. The third-order valence-corrected chi connectivity index (χ3v) is 7.39. The van der Waals surface area contributed by atoms with Gasteiger partial charge in [-0.05, 0) is 30.3 Å². The van der Waals surface area contributed by atoms with Gasteiger partial charge in [-0.1, -0.05) is 30.0 Å². The van der Waals surface area contributed by atoms with Gasteiger partial charge in [0.1, 0.15) is 0 Å². The quantitative estimate of drug-likeness (QED) is 0.417. The highest BCUT2D eigenvalue weighted by Gasteiger charge is 2.32. The molecule has 1 amide bonds. The number of carbonyl (C=O) groups is 1. The highest BCUT2D eigenvalue weighted by molar-refractivity contribution is 7.99. The van der Waals surface area contributed by atoms with Crippen molar-refractivity contribution in [3.05, 3.63) is 59.9 Å². The Bertz CT molecular complexity index is 1260. The molecule has 0 saturated carbocycles. The Morgan fingerprint density at radius 2 is 1.64 bits per heavy atom. The molecule has 3 heterocycles. The van der Waals surface area contributed by atoms with Crippen LogP contribution in [0.25, 0.3) is 5.69 Å². The number of alkyl halides is 3. The van der Waals surface area contributed by atoms with Gasteiger partial charge in [-0.15, -0.1) is 10.2 Å². The van der Waals surface area contributed by atoms with E-state index in [1.54, 1.807) is 0 Å². The SMILES string of the molecule is O=C(CSc1nnc(CN2CCOCC2)n1-c1ccccc1)Nc1cc(C(F)(F)F)ccc1N1CCOCC1. The number of hydrogen-bond donors (Lipinski definition) is 1. The summed E-state index contributed by atoms with van der Waals surface area (Å²) in [5, 5.41) is 12.0. The highest BCUT2D eigenvalue weighted by atomic mass is 32.2. The second-order valence-electron chi connectivity index (χ2n) is 9.12. The topological polar surface area (TPSA) is 84.8 Å². The maximum absolute atomic E-state index is 13.4. The largest absolute Gasteiger partial charge is 0.416 e. The molecule has 2 aliphatic heterocycles.